The Kier molecular flexibility index (Phi) is 10.2. The van der Waals surface area contributed by atoms with Gasteiger partial charge in [0.2, 0.25) is 0 Å². The fraction of sp³-hybridized carbons (Fsp3) is 0.250. The molecule has 9 aromatic rings. The molecule has 0 unspecified atom stereocenters. The number of nitrogens with zero attached hydrogens (tertiary/aromatic N) is 3. The number of hydrogen-bond donors (Lipinski definition) is 0. The van der Waals surface area contributed by atoms with Crippen LogP contribution >= 0.6 is 0 Å². The number of hydrogen-bond acceptors (Lipinski definition) is 4. The topological polar surface area (TPSA) is 22.9 Å². The van der Waals surface area contributed by atoms with Gasteiger partial charge in [-0.15, -0.1) is 0 Å². The Labute approximate surface area is 410 Å². The summed E-state index contributed by atoms with van der Waals surface area (Å²) in [5, 5.41) is 2.20. The highest BCUT2D eigenvalue weighted by Crippen LogP contribution is 2.50. The molecule has 0 saturated heterocycles. The summed E-state index contributed by atoms with van der Waals surface area (Å²) in [6.45, 7) is 27.7. The van der Waals surface area contributed by atoms with E-state index in [0.717, 1.165) is 61.8 Å². The van der Waals surface area contributed by atoms with Gasteiger partial charge in [-0.05, 0) is 133 Å². The lowest BCUT2D eigenvalue weighted by Crippen LogP contribution is -2.61. The van der Waals surface area contributed by atoms with Gasteiger partial charge in [0, 0.05) is 50.6 Å². The smallest absolute Gasteiger partial charge is 0.252 e. The van der Waals surface area contributed by atoms with Crippen LogP contribution in [0.3, 0.4) is 0 Å². The molecule has 0 amide bonds. The molecule has 3 heterocycles. The maximum Gasteiger partial charge on any atom is 0.252 e. The van der Waals surface area contributed by atoms with E-state index >= 15 is 0 Å². The van der Waals surface area contributed by atoms with E-state index in [1.54, 1.807) is 0 Å². The first-order valence-electron chi connectivity index (χ1n) is 24.8. The molecule has 4 nitrogen and oxygen atoms in total. The molecule has 0 spiro atoms. The highest BCUT2D eigenvalue weighted by Gasteiger charge is 2.45. The summed E-state index contributed by atoms with van der Waals surface area (Å²) in [4.78, 5) is 7.52. The third-order valence-corrected chi connectivity index (χ3v) is 14.7. The Morgan fingerprint density at radius 2 is 0.841 bits per heavy atom. The molecule has 2 aliphatic rings. The molecule has 11 rings (SSSR count). The third kappa shape index (κ3) is 7.53. The van der Waals surface area contributed by atoms with Gasteiger partial charge in [-0.1, -0.05) is 180 Å². The molecule has 0 radical (unpaired) electrons. The van der Waals surface area contributed by atoms with Crippen LogP contribution in [-0.2, 0) is 21.7 Å². The second-order valence-electron chi connectivity index (χ2n) is 23.6. The number of furan rings is 1. The molecule has 1 aromatic heterocycles. The zero-order chi connectivity index (χ0) is 48.4. The zero-order valence-corrected chi connectivity index (χ0v) is 42.5. The lowest BCUT2D eigenvalue weighted by Gasteiger charge is -2.45. The summed E-state index contributed by atoms with van der Waals surface area (Å²) < 4.78 is 6.87. The summed E-state index contributed by atoms with van der Waals surface area (Å²) in [5.74, 6) is 0. The molecule has 69 heavy (non-hydrogen) atoms. The summed E-state index contributed by atoms with van der Waals surface area (Å²) in [6.07, 6.45) is 0. The predicted octanol–water partition coefficient (Wildman–Crippen LogP) is 16.3. The van der Waals surface area contributed by atoms with Gasteiger partial charge in [0.15, 0.2) is 5.58 Å². The normalized spacial score (nSPS) is 13.7. The van der Waals surface area contributed by atoms with Gasteiger partial charge in [-0.25, -0.2) is 0 Å². The molecule has 0 bridgehead atoms. The first-order valence-corrected chi connectivity index (χ1v) is 24.8. The standard InChI is InChI=1S/C64H64BN3O/c1-61(2,3)41-25-31-46(32-26-41)67-53-35-29-43(63(7,8)9)37-51(53)65-52-38-44(64(10,11)12)30-36-54(52)68(47-33-27-42(28-34-47)62(4,5)6)57-40-48(39-56(67)59(57)65)66(45-19-14-13-15-20-45)55-23-18-22-50-49-21-16-17-24-58(49)69-60(50)55/h13-40H,1-12H3. The molecule has 0 atom stereocenters. The van der Waals surface area contributed by atoms with E-state index in [1.807, 2.05) is 0 Å². The maximum absolute atomic E-state index is 6.87. The first kappa shape index (κ1) is 44.5. The Balaban J connectivity index is 1.28. The summed E-state index contributed by atoms with van der Waals surface area (Å²) >= 11 is 0. The summed E-state index contributed by atoms with van der Waals surface area (Å²) in [6, 6.07) is 63.9. The number of rotatable bonds is 5. The second-order valence-corrected chi connectivity index (χ2v) is 23.6. The van der Waals surface area contributed by atoms with Crippen molar-refractivity contribution < 1.29 is 4.42 Å². The molecule has 0 fully saturated rings. The van der Waals surface area contributed by atoms with Crippen LogP contribution in [0, 0.1) is 0 Å². The lowest BCUT2D eigenvalue weighted by molar-refractivity contribution is 0.590. The van der Waals surface area contributed by atoms with Crippen molar-refractivity contribution in [2.45, 2.75) is 105 Å². The maximum atomic E-state index is 6.87. The fourth-order valence-corrected chi connectivity index (χ4v) is 10.7. The van der Waals surface area contributed by atoms with Gasteiger partial charge in [0.25, 0.3) is 6.71 Å². The molecular weight excluding hydrogens is 838 g/mol. The molecule has 344 valence electrons. The zero-order valence-electron chi connectivity index (χ0n) is 42.5. The van der Waals surface area contributed by atoms with E-state index in [1.165, 1.54) is 50.0 Å². The molecule has 2 aliphatic heterocycles. The largest absolute Gasteiger partial charge is 0.454 e. The van der Waals surface area contributed by atoms with E-state index in [9.17, 15) is 0 Å². The summed E-state index contributed by atoms with van der Waals surface area (Å²) in [7, 11) is 0. The van der Waals surface area contributed by atoms with E-state index in [2.05, 4.69) is 268 Å². The van der Waals surface area contributed by atoms with Gasteiger partial charge in [0.05, 0.1) is 11.4 Å². The number of fused-ring (bicyclic) bond motifs is 7. The highest BCUT2D eigenvalue weighted by atomic mass is 16.3. The van der Waals surface area contributed by atoms with Crippen molar-refractivity contribution in [3.05, 3.63) is 192 Å². The van der Waals surface area contributed by atoms with Gasteiger partial charge >= 0.3 is 0 Å². The minimum atomic E-state index is -0.0549. The average molecular weight is 902 g/mol. The Morgan fingerprint density at radius 3 is 1.33 bits per heavy atom. The van der Waals surface area contributed by atoms with Crippen molar-refractivity contribution in [2.75, 3.05) is 14.7 Å². The fourth-order valence-electron chi connectivity index (χ4n) is 10.7. The van der Waals surface area contributed by atoms with Crippen LogP contribution in [0.2, 0.25) is 0 Å². The van der Waals surface area contributed by atoms with E-state index < -0.39 is 0 Å². The van der Waals surface area contributed by atoms with Gasteiger partial charge < -0.3 is 19.1 Å². The minimum Gasteiger partial charge on any atom is -0.454 e. The SMILES string of the molecule is CC(C)(C)c1ccc(N2c3ccc(C(C)(C)C)cc3B3c4cc(C(C)(C)C)ccc4N(c4ccc(C(C)(C)C)cc4)c4cc(N(c5ccccc5)c5cccc6c5oc5ccccc56)cc2c43)cc1. The first-order chi connectivity index (χ1) is 32.8. The molecule has 0 aliphatic carbocycles. The average Bonchev–Trinajstić information content (AvgIpc) is 3.70. The molecule has 8 aromatic carbocycles. The minimum absolute atomic E-state index is 0.00942. The van der Waals surface area contributed by atoms with Gasteiger partial charge in [-0.3, -0.25) is 0 Å². The molecule has 0 saturated carbocycles. The quantitative estimate of drug-likeness (QED) is 0.161. The molecule has 0 N–H and O–H groups in total. The predicted molar refractivity (Wildman–Crippen MR) is 297 cm³/mol. The van der Waals surface area contributed by atoms with Gasteiger partial charge in [0.1, 0.15) is 5.58 Å². The molecule has 5 heteroatoms. The van der Waals surface area contributed by atoms with Crippen LogP contribution in [0.5, 0.6) is 0 Å². The Bertz CT molecular complexity index is 3280. The van der Waals surface area contributed by atoms with Crippen LogP contribution in [0.25, 0.3) is 21.9 Å². The van der Waals surface area contributed by atoms with Crippen LogP contribution < -0.4 is 31.1 Å². The summed E-state index contributed by atoms with van der Waals surface area (Å²) in [5.41, 5.74) is 20.9. The highest BCUT2D eigenvalue weighted by molar-refractivity contribution is 7.00. The van der Waals surface area contributed by atoms with Crippen LogP contribution in [0.15, 0.2) is 174 Å². The van der Waals surface area contributed by atoms with Crippen molar-refractivity contribution in [3.8, 4) is 0 Å². The van der Waals surface area contributed by atoms with Crippen LogP contribution in [-0.4, -0.2) is 6.71 Å². The van der Waals surface area contributed by atoms with Crippen molar-refractivity contribution in [1.29, 1.82) is 0 Å². The van der Waals surface area contributed by atoms with Crippen LogP contribution in [0.1, 0.15) is 105 Å². The van der Waals surface area contributed by atoms with Crippen LogP contribution in [0.4, 0.5) is 51.2 Å². The number of anilines is 9. The second kappa shape index (κ2) is 15.8. The van der Waals surface area contributed by atoms with Gasteiger partial charge in [-0.2, -0.15) is 0 Å². The van der Waals surface area contributed by atoms with Crippen molar-refractivity contribution in [1.82, 2.24) is 0 Å². The van der Waals surface area contributed by atoms with Crippen molar-refractivity contribution >= 4 is 96.2 Å². The lowest BCUT2D eigenvalue weighted by atomic mass is 9.33. The van der Waals surface area contributed by atoms with E-state index in [4.69, 9.17) is 4.42 Å². The third-order valence-electron chi connectivity index (χ3n) is 14.7. The Hall–Kier alpha value is -6.98. The number of para-hydroxylation sites is 3. The number of benzene rings is 8. The van der Waals surface area contributed by atoms with Crippen molar-refractivity contribution in [2.24, 2.45) is 0 Å². The van der Waals surface area contributed by atoms with E-state index in [-0.39, 0.29) is 28.4 Å². The monoisotopic (exact) mass is 902 g/mol. The van der Waals surface area contributed by atoms with E-state index in [0.29, 0.717) is 0 Å². The Morgan fingerprint density at radius 1 is 0.391 bits per heavy atom. The molecular formula is C64H64BN3O. The van der Waals surface area contributed by atoms with Crippen molar-refractivity contribution in [3.63, 3.8) is 0 Å².